The van der Waals surface area contributed by atoms with Crippen molar-refractivity contribution in [3.05, 3.63) is 269 Å². The van der Waals surface area contributed by atoms with Crippen LogP contribution in [0.25, 0.3) is 94.1 Å². The zero-order valence-corrected chi connectivity index (χ0v) is 37.9. The molecule has 0 saturated carbocycles. The Morgan fingerprint density at radius 3 is 1.71 bits per heavy atom. The van der Waals surface area contributed by atoms with Crippen molar-refractivity contribution < 1.29 is 8.83 Å². The van der Waals surface area contributed by atoms with Crippen LogP contribution in [0.2, 0.25) is 0 Å². The maximum atomic E-state index is 6.73. The number of hydrogen-bond donors (Lipinski definition) is 0. The molecule has 0 unspecified atom stereocenters. The van der Waals surface area contributed by atoms with Crippen LogP contribution < -0.4 is 0 Å². The zero-order valence-electron chi connectivity index (χ0n) is 37.9. The number of hydrogen-bond acceptors (Lipinski definition) is 4. The first-order chi connectivity index (χ1) is 34.7. The molecule has 0 N–H and O–H groups in total. The number of furan rings is 2. The molecule has 15 rings (SSSR count). The van der Waals surface area contributed by atoms with Gasteiger partial charge in [0.15, 0.2) is 5.84 Å². The van der Waals surface area contributed by atoms with Crippen molar-refractivity contribution in [2.45, 2.75) is 11.8 Å². The van der Waals surface area contributed by atoms with Crippen molar-refractivity contribution in [2.24, 2.45) is 9.98 Å². The van der Waals surface area contributed by atoms with E-state index in [4.69, 9.17) is 18.8 Å². The fourth-order valence-corrected chi connectivity index (χ4v) is 12.0. The minimum atomic E-state index is -0.426. The highest BCUT2D eigenvalue weighted by molar-refractivity contribution is 6.23. The highest BCUT2D eigenvalue weighted by Gasteiger charge is 2.52. The second-order valence-electron chi connectivity index (χ2n) is 18.6. The molecule has 3 heterocycles. The molecular formula is C66H40N2O2. The Balaban J connectivity index is 0.913. The van der Waals surface area contributed by atoms with Crippen molar-refractivity contribution in [2.75, 3.05) is 0 Å². The number of nitrogens with zero attached hydrogens (tertiary/aromatic N) is 2. The number of amidine groups is 1. The van der Waals surface area contributed by atoms with E-state index in [0.717, 1.165) is 83.1 Å². The quantitative estimate of drug-likeness (QED) is 0.173. The van der Waals surface area contributed by atoms with Gasteiger partial charge in [0.1, 0.15) is 22.3 Å². The fraction of sp³-hybridized carbons (Fsp3) is 0.0303. The lowest BCUT2D eigenvalue weighted by Crippen LogP contribution is -2.25. The van der Waals surface area contributed by atoms with Gasteiger partial charge in [-0.2, -0.15) is 0 Å². The molecule has 326 valence electrons. The van der Waals surface area contributed by atoms with Gasteiger partial charge < -0.3 is 8.83 Å². The minimum absolute atomic E-state index is 0.426. The van der Waals surface area contributed by atoms with Crippen LogP contribution in [0.1, 0.15) is 45.4 Å². The maximum Gasteiger partial charge on any atom is 0.160 e. The summed E-state index contributed by atoms with van der Waals surface area (Å²) in [5, 5.41) is 4.18. The molecule has 70 heavy (non-hydrogen) atoms. The molecule has 10 aromatic carbocycles. The van der Waals surface area contributed by atoms with Crippen LogP contribution >= 0.6 is 0 Å². The van der Waals surface area contributed by atoms with Gasteiger partial charge in [-0.1, -0.05) is 194 Å². The highest BCUT2D eigenvalue weighted by atomic mass is 16.3. The molecule has 1 aliphatic heterocycles. The molecule has 0 saturated heterocycles. The van der Waals surface area contributed by atoms with Crippen molar-refractivity contribution in [3.63, 3.8) is 0 Å². The van der Waals surface area contributed by atoms with Crippen LogP contribution in [-0.4, -0.2) is 11.5 Å². The lowest BCUT2D eigenvalue weighted by Gasteiger charge is -2.30. The number of fused-ring (bicyclic) bond motifs is 16. The second-order valence-corrected chi connectivity index (χ2v) is 18.6. The van der Waals surface area contributed by atoms with Crippen LogP contribution in [-0.2, 0) is 5.41 Å². The van der Waals surface area contributed by atoms with Gasteiger partial charge in [0.25, 0.3) is 0 Å². The summed E-state index contributed by atoms with van der Waals surface area (Å²) in [6, 6.07) is 80.7. The largest absolute Gasteiger partial charge is 0.456 e. The first-order valence-corrected chi connectivity index (χ1v) is 24.0. The summed E-state index contributed by atoms with van der Waals surface area (Å²) in [6.07, 6.45) is 2.79. The van der Waals surface area contributed by atoms with Gasteiger partial charge >= 0.3 is 0 Å². The fourth-order valence-electron chi connectivity index (χ4n) is 12.0. The average Bonchev–Trinajstić information content (AvgIpc) is 4.11. The highest BCUT2D eigenvalue weighted by Crippen LogP contribution is 2.64. The SMILES string of the molecule is C1=C(c2ccc3c(c2)oc2ccccc23)N=C(c2cccc3oc4ccc(-c5cccc6c5-c5ccccc5C65c6ccccc6-c6ccccc65)cc4c23)N=C(c2ccc(-c3ccccc3)cc2)C1. The predicted molar refractivity (Wildman–Crippen MR) is 287 cm³/mol. The summed E-state index contributed by atoms with van der Waals surface area (Å²) in [5.41, 5.74) is 22.7. The van der Waals surface area contributed by atoms with Crippen LogP contribution in [0.3, 0.4) is 0 Å². The molecule has 4 nitrogen and oxygen atoms in total. The third kappa shape index (κ3) is 5.59. The topological polar surface area (TPSA) is 51.0 Å². The van der Waals surface area contributed by atoms with E-state index >= 15 is 0 Å². The van der Waals surface area contributed by atoms with Gasteiger partial charge in [-0.05, 0) is 109 Å². The van der Waals surface area contributed by atoms with Gasteiger partial charge in [0.05, 0.1) is 16.8 Å². The Kier molecular flexibility index (Phi) is 8.31. The minimum Gasteiger partial charge on any atom is -0.456 e. The van der Waals surface area contributed by atoms with Crippen LogP contribution in [0.15, 0.2) is 249 Å². The third-order valence-electron chi connectivity index (χ3n) is 15.0. The Labute approximate surface area is 403 Å². The Hall–Kier alpha value is -9.12. The Morgan fingerprint density at radius 1 is 0.343 bits per heavy atom. The van der Waals surface area contributed by atoms with E-state index in [1.807, 2.05) is 12.1 Å². The van der Waals surface area contributed by atoms with Gasteiger partial charge in [-0.3, -0.25) is 0 Å². The number of allylic oxidation sites excluding steroid dienone is 1. The Morgan fingerprint density at radius 2 is 0.900 bits per heavy atom. The zero-order chi connectivity index (χ0) is 45.9. The van der Waals surface area contributed by atoms with Crippen molar-refractivity contribution >= 4 is 61.1 Å². The van der Waals surface area contributed by atoms with Crippen molar-refractivity contribution in [1.29, 1.82) is 0 Å². The summed E-state index contributed by atoms with van der Waals surface area (Å²) >= 11 is 0. The maximum absolute atomic E-state index is 6.73. The first kappa shape index (κ1) is 38.9. The smallest absolute Gasteiger partial charge is 0.160 e. The molecule has 2 aromatic heterocycles. The molecule has 0 radical (unpaired) electrons. The number of para-hydroxylation sites is 1. The standard InChI is InChI=1S/C66H40N2O2/c1-2-14-40(15-3-1)41-28-30-42(31-29-41)57-35-36-58(44-32-34-49-48-18-7-11-26-59(48)70-62(49)39-44)68-65(67-57)51-21-13-27-61-64(51)52-38-43(33-37-60(52)69-61)45-20-12-25-56-63(45)50-19-6-10-24-55(50)66(56)53-22-8-4-16-46(53)47-17-5-9-23-54(47)66/h1-34,36-39H,35H2. The van der Waals surface area contributed by atoms with E-state index in [0.29, 0.717) is 12.3 Å². The summed E-state index contributed by atoms with van der Waals surface area (Å²) in [5.74, 6) is 0.629. The third-order valence-corrected chi connectivity index (χ3v) is 15.0. The van der Waals surface area contributed by atoms with Crippen LogP contribution in [0, 0.1) is 0 Å². The molecule has 0 atom stereocenters. The van der Waals surface area contributed by atoms with Crippen LogP contribution in [0.5, 0.6) is 0 Å². The molecule has 12 aromatic rings. The monoisotopic (exact) mass is 892 g/mol. The van der Waals surface area contributed by atoms with Gasteiger partial charge in [-0.25, -0.2) is 9.98 Å². The lowest BCUT2D eigenvalue weighted by atomic mass is 9.70. The first-order valence-electron chi connectivity index (χ1n) is 24.0. The normalized spacial score (nSPS) is 14.3. The van der Waals surface area contributed by atoms with Gasteiger partial charge in [0.2, 0.25) is 0 Å². The van der Waals surface area contributed by atoms with Crippen molar-refractivity contribution in [3.8, 4) is 44.5 Å². The lowest BCUT2D eigenvalue weighted by molar-refractivity contribution is 0.668. The summed E-state index contributed by atoms with van der Waals surface area (Å²) in [7, 11) is 0. The number of benzene rings is 10. The van der Waals surface area contributed by atoms with Crippen molar-refractivity contribution in [1.82, 2.24) is 0 Å². The van der Waals surface area contributed by atoms with E-state index < -0.39 is 5.41 Å². The molecule has 0 amide bonds. The predicted octanol–water partition coefficient (Wildman–Crippen LogP) is 16.8. The van der Waals surface area contributed by atoms with E-state index in [-0.39, 0.29) is 0 Å². The van der Waals surface area contributed by atoms with Gasteiger partial charge in [-0.15, -0.1) is 0 Å². The second kappa shape index (κ2) is 14.9. The number of rotatable bonds is 5. The molecule has 2 aliphatic carbocycles. The van der Waals surface area contributed by atoms with E-state index in [1.54, 1.807) is 0 Å². The summed E-state index contributed by atoms with van der Waals surface area (Å²) in [4.78, 5) is 11.0. The van der Waals surface area contributed by atoms with E-state index in [1.165, 1.54) is 55.6 Å². The molecule has 1 spiro atoms. The summed E-state index contributed by atoms with van der Waals surface area (Å²) < 4.78 is 13.1. The molecule has 0 bridgehead atoms. The van der Waals surface area contributed by atoms with Gasteiger partial charge in [0, 0.05) is 39.1 Å². The van der Waals surface area contributed by atoms with Crippen LogP contribution in [0.4, 0.5) is 0 Å². The Bertz CT molecular complexity index is 4210. The number of aliphatic imine (C=N–C) groups is 2. The summed E-state index contributed by atoms with van der Waals surface area (Å²) in [6.45, 7) is 0. The van der Waals surface area contributed by atoms with E-state index in [2.05, 4.69) is 218 Å². The van der Waals surface area contributed by atoms with E-state index in [9.17, 15) is 0 Å². The molecule has 4 heteroatoms. The molecule has 3 aliphatic rings. The average molecular weight is 893 g/mol. The molecular weight excluding hydrogens is 853 g/mol. The molecule has 0 fully saturated rings.